The van der Waals surface area contributed by atoms with Crippen LogP contribution in [-0.2, 0) is 0 Å². The molecule has 1 rings (SSSR count). The molecule has 0 atom stereocenters. The summed E-state index contributed by atoms with van der Waals surface area (Å²) in [7, 11) is 0. The first kappa shape index (κ1) is 12.8. The molecule has 0 aliphatic carbocycles. The molecular formula is C14H20O2. The molecule has 2 nitrogen and oxygen atoms in total. The summed E-state index contributed by atoms with van der Waals surface area (Å²) in [5, 5.41) is 0. The largest absolute Gasteiger partial charge is 0.494 e. The molecule has 0 saturated carbocycles. The molecule has 0 N–H and O–H groups in total. The lowest BCUT2D eigenvalue weighted by Gasteiger charge is -2.06. The van der Waals surface area contributed by atoms with E-state index in [1.165, 1.54) is 25.7 Å². The fraction of sp³-hybridized carbons (Fsp3) is 0.500. The normalized spacial score (nSPS) is 10.1. The van der Waals surface area contributed by atoms with E-state index in [4.69, 9.17) is 4.74 Å². The Balaban J connectivity index is 2.18. The van der Waals surface area contributed by atoms with Crippen molar-refractivity contribution in [2.75, 3.05) is 6.61 Å². The van der Waals surface area contributed by atoms with E-state index < -0.39 is 0 Å². The van der Waals surface area contributed by atoms with Gasteiger partial charge in [-0.2, -0.15) is 0 Å². The van der Waals surface area contributed by atoms with Gasteiger partial charge in [-0.15, -0.1) is 0 Å². The van der Waals surface area contributed by atoms with Crippen LogP contribution in [0.1, 0.15) is 49.4 Å². The summed E-state index contributed by atoms with van der Waals surface area (Å²) in [6.07, 6.45) is 7.01. The maximum Gasteiger partial charge on any atom is 0.150 e. The zero-order chi connectivity index (χ0) is 11.6. The van der Waals surface area contributed by atoms with E-state index in [-0.39, 0.29) is 0 Å². The molecule has 88 valence electrons. The number of rotatable bonds is 8. The van der Waals surface area contributed by atoms with E-state index >= 15 is 0 Å². The van der Waals surface area contributed by atoms with Crippen molar-refractivity contribution < 1.29 is 9.53 Å². The molecule has 16 heavy (non-hydrogen) atoms. The number of carbonyl (C=O) groups is 1. The molecule has 0 fully saturated rings. The van der Waals surface area contributed by atoms with Crippen LogP contribution >= 0.6 is 0 Å². The van der Waals surface area contributed by atoms with Crippen molar-refractivity contribution in [1.29, 1.82) is 0 Å². The van der Waals surface area contributed by atoms with Crippen molar-refractivity contribution in [3.8, 4) is 5.75 Å². The molecule has 0 aromatic heterocycles. The SMILES string of the molecule is CCCCCCCOc1cccc(C=O)c1. The van der Waals surface area contributed by atoms with Crippen molar-refractivity contribution in [3.63, 3.8) is 0 Å². The molecule has 1 aromatic rings. The Morgan fingerprint density at radius 2 is 2.00 bits per heavy atom. The average Bonchev–Trinajstić information content (AvgIpc) is 2.34. The van der Waals surface area contributed by atoms with Crippen LogP contribution in [0, 0.1) is 0 Å². The van der Waals surface area contributed by atoms with Crippen molar-refractivity contribution in [1.82, 2.24) is 0 Å². The van der Waals surface area contributed by atoms with Crippen molar-refractivity contribution in [2.24, 2.45) is 0 Å². The molecule has 0 radical (unpaired) electrons. The van der Waals surface area contributed by atoms with Gasteiger partial charge in [-0.25, -0.2) is 0 Å². The minimum atomic E-state index is 0.670. The van der Waals surface area contributed by atoms with E-state index in [0.29, 0.717) is 5.56 Å². The maximum absolute atomic E-state index is 10.6. The highest BCUT2D eigenvalue weighted by Gasteiger charge is 1.95. The Kier molecular flexibility index (Phi) is 6.31. The van der Waals surface area contributed by atoms with Gasteiger partial charge in [-0.05, 0) is 18.6 Å². The van der Waals surface area contributed by atoms with Crippen LogP contribution in [0.3, 0.4) is 0 Å². The van der Waals surface area contributed by atoms with E-state index in [9.17, 15) is 4.79 Å². The van der Waals surface area contributed by atoms with Gasteiger partial charge in [-0.1, -0.05) is 44.7 Å². The lowest BCUT2D eigenvalue weighted by Crippen LogP contribution is -1.97. The zero-order valence-electron chi connectivity index (χ0n) is 9.95. The molecule has 0 aliphatic rings. The monoisotopic (exact) mass is 220 g/mol. The third-order valence-corrected chi connectivity index (χ3v) is 2.51. The third kappa shape index (κ3) is 4.96. The third-order valence-electron chi connectivity index (χ3n) is 2.51. The van der Waals surface area contributed by atoms with Crippen LogP contribution in [0.2, 0.25) is 0 Å². The Morgan fingerprint density at radius 1 is 1.19 bits per heavy atom. The molecular weight excluding hydrogens is 200 g/mol. The molecule has 0 bridgehead atoms. The average molecular weight is 220 g/mol. The smallest absolute Gasteiger partial charge is 0.150 e. The summed E-state index contributed by atoms with van der Waals surface area (Å²) in [4.78, 5) is 10.6. The van der Waals surface area contributed by atoms with Crippen LogP contribution in [0.25, 0.3) is 0 Å². The Labute approximate surface area is 97.6 Å². The second-order valence-corrected chi connectivity index (χ2v) is 3.95. The van der Waals surface area contributed by atoms with Crippen LogP contribution in [0.15, 0.2) is 24.3 Å². The van der Waals surface area contributed by atoms with E-state index in [1.54, 1.807) is 12.1 Å². The van der Waals surface area contributed by atoms with Gasteiger partial charge in [0.2, 0.25) is 0 Å². The molecule has 0 saturated heterocycles. The first-order valence-electron chi connectivity index (χ1n) is 6.05. The standard InChI is InChI=1S/C14H20O2/c1-2-3-4-5-6-10-16-14-9-7-8-13(11-14)12-15/h7-9,11-12H,2-6,10H2,1H3. The lowest BCUT2D eigenvalue weighted by atomic mass is 10.2. The van der Waals surface area contributed by atoms with Crippen molar-refractivity contribution in [3.05, 3.63) is 29.8 Å². The maximum atomic E-state index is 10.6. The minimum absolute atomic E-state index is 0.670. The first-order valence-corrected chi connectivity index (χ1v) is 6.05. The van der Waals surface area contributed by atoms with Crippen LogP contribution in [0.5, 0.6) is 5.75 Å². The highest BCUT2D eigenvalue weighted by Crippen LogP contribution is 2.12. The van der Waals surface area contributed by atoms with Gasteiger partial charge < -0.3 is 4.74 Å². The number of aldehydes is 1. The molecule has 2 heteroatoms. The van der Waals surface area contributed by atoms with Crippen LogP contribution < -0.4 is 4.74 Å². The summed E-state index contributed by atoms with van der Waals surface area (Å²) in [6.45, 7) is 2.95. The fourth-order valence-corrected chi connectivity index (χ4v) is 1.57. The van der Waals surface area contributed by atoms with E-state index in [1.807, 2.05) is 12.1 Å². The predicted octanol–water partition coefficient (Wildman–Crippen LogP) is 3.85. The number of ether oxygens (including phenoxy) is 1. The quantitative estimate of drug-likeness (QED) is 0.491. The Hall–Kier alpha value is -1.31. The number of hydrogen-bond donors (Lipinski definition) is 0. The molecule has 0 unspecified atom stereocenters. The molecule has 0 amide bonds. The highest BCUT2D eigenvalue weighted by atomic mass is 16.5. The highest BCUT2D eigenvalue weighted by molar-refractivity contribution is 5.75. The summed E-state index contributed by atoms with van der Waals surface area (Å²) < 4.78 is 5.57. The van der Waals surface area contributed by atoms with Gasteiger partial charge in [-0.3, -0.25) is 4.79 Å². The Morgan fingerprint density at radius 3 is 2.75 bits per heavy atom. The van der Waals surface area contributed by atoms with Gasteiger partial charge in [0.15, 0.2) is 0 Å². The summed E-state index contributed by atoms with van der Waals surface area (Å²) >= 11 is 0. The number of hydrogen-bond acceptors (Lipinski definition) is 2. The van der Waals surface area contributed by atoms with Gasteiger partial charge in [0.05, 0.1) is 6.61 Å². The van der Waals surface area contributed by atoms with Gasteiger partial charge in [0, 0.05) is 5.56 Å². The second-order valence-electron chi connectivity index (χ2n) is 3.95. The zero-order valence-corrected chi connectivity index (χ0v) is 9.95. The molecule has 0 heterocycles. The van der Waals surface area contributed by atoms with Gasteiger partial charge in [0.1, 0.15) is 12.0 Å². The number of carbonyl (C=O) groups excluding carboxylic acids is 1. The second kappa shape index (κ2) is 7.91. The summed E-state index contributed by atoms with van der Waals surface area (Å²) in [6, 6.07) is 7.29. The van der Waals surface area contributed by atoms with E-state index in [0.717, 1.165) is 25.1 Å². The van der Waals surface area contributed by atoms with Crippen molar-refractivity contribution in [2.45, 2.75) is 39.0 Å². The Bertz CT molecular complexity index is 307. The summed E-state index contributed by atoms with van der Waals surface area (Å²) in [5.41, 5.74) is 0.670. The topological polar surface area (TPSA) is 26.3 Å². The summed E-state index contributed by atoms with van der Waals surface area (Å²) in [5.74, 6) is 0.792. The predicted molar refractivity (Wildman–Crippen MR) is 66.1 cm³/mol. The van der Waals surface area contributed by atoms with Gasteiger partial charge >= 0.3 is 0 Å². The number of benzene rings is 1. The number of unbranched alkanes of at least 4 members (excludes halogenated alkanes) is 4. The fourth-order valence-electron chi connectivity index (χ4n) is 1.57. The van der Waals surface area contributed by atoms with Crippen LogP contribution in [-0.4, -0.2) is 12.9 Å². The van der Waals surface area contributed by atoms with Gasteiger partial charge in [0.25, 0.3) is 0 Å². The minimum Gasteiger partial charge on any atom is -0.494 e. The van der Waals surface area contributed by atoms with Crippen LogP contribution in [0.4, 0.5) is 0 Å². The lowest BCUT2D eigenvalue weighted by molar-refractivity contribution is 0.112. The first-order chi connectivity index (χ1) is 7.86. The molecule has 1 aromatic carbocycles. The van der Waals surface area contributed by atoms with E-state index in [2.05, 4.69) is 6.92 Å². The van der Waals surface area contributed by atoms with Crippen molar-refractivity contribution >= 4 is 6.29 Å². The molecule has 0 aliphatic heterocycles. The molecule has 0 spiro atoms.